The number of nitrogens with one attached hydrogen (secondary N) is 2. The van der Waals surface area contributed by atoms with Gasteiger partial charge in [0.2, 0.25) is 5.91 Å². The van der Waals surface area contributed by atoms with Gasteiger partial charge in [0.05, 0.1) is 0 Å². The highest BCUT2D eigenvalue weighted by atomic mass is 35.5. The number of hydrogen-bond acceptors (Lipinski definition) is 3. The van der Waals surface area contributed by atoms with Gasteiger partial charge in [0.25, 0.3) is 5.91 Å². The van der Waals surface area contributed by atoms with Gasteiger partial charge in [-0.2, -0.15) is 0 Å². The van der Waals surface area contributed by atoms with Crippen molar-refractivity contribution in [1.29, 1.82) is 0 Å². The average Bonchev–Trinajstić information content (AvgIpc) is 3.36. The first kappa shape index (κ1) is 20.4. The van der Waals surface area contributed by atoms with E-state index in [4.69, 9.17) is 0 Å². The fourth-order valence-electron chi connectivity index (χ4n) is 3.92. The summed E-state index contributed by atoms with van der Waals surface area (Å²) in [7, 11) is 0. The number of halogens is 1. The maximum atomic E-state index is 12.8. The summed E-state index contributed by atoms with van der Waals surface area (Å²) in [6.45, 7) is 2.79. The van der Waals surface area contributed by atoms with Crippen LogP contribution in [0.4, 0.5) is 11.4 Å². The van der Waals surface area contributed by atoms with E-state index >= 15 is 0 Å². The van der Waals surface area contributed by atoms with E-state index in [0.717, 1.165) is 43.7 Å². The zero-order valence-electron chi connectivity index (χ0n) is 15.8. The van der Waals surface area contributed by atoms with E-state index in [9.17, 15) is 9.59 Å². The Morgan fingerprint density at radius 1 is 1.11 bits per heavy atom. The molecule has 0 aliphatic carbocycles. The number of carbonyl (C=O) groups is 2. The van der Waals surface area contributed by atoms with Gasteiger partial charge in [-0.3, -0.25) is 9.59 Å². The molecule has 0 bridgehead atoms. The summed E-state index contributed by atoms with van der Waals surface area (Å²) < 4.78 is 0. The lowest BCUT2D eigenvalue weighted by Crippen LogP contribution is -2.28. The third kappa shape index (κ3) is 4.54. The Morgan fingerprint density at radius 3 is 2.64 bits per heavy atom. The first-order valence-electron chi connectivity index (χ1n) is 9.71. The third-order valence-electron chi connectivity index (χ3n) is 5.49. The van der Waals surface area contributed by atoms with E-state index in [0.29, 0.717) is 24.4 Å². The van der Waals surface area contributed by atoms with Crippen molar-refractivity contribution in [3.8, 4) is 0 Å². The van der Waals surface area contributed by atoms with E-state index in [2.05, 4.69) is 16.7 Å². The van der Waals surface area contributed by atoms with E-state index < -0.39 is 0 Å². The van der Waals surface area contributed by atoms with E-state index in [-0.39, 0.29) is 24.2 Å². The lowest BCUT2D eigenvalue weighted by atomic mass is 10.0. The molecule has 2 aromatic carbocycles. The molecule has 2 amide bonds. The summed E-state index contributed by atoms with van der Waals surface area (Å²) in [5, 5.41) is 6.26. The minimum atomic E-state index is 0. The summed E-state index contributed by atoms with van der Waals surface area (Å²) in [5.41, 5.74) is 3.60. The van der Waals surface area contributed by atoms with Gasteiger partial charge in [0.1, 0.15) is 0 Å². The van der Waals surface area contributed by atoms with Crippen molar-refractivity contribution in [2.75, 3.05) is 29.9 Å². The van der Waals surface area contributed by atoms with Crippen LogP contribution in [0.2, 0.25) is 0 Å². The summed E-state index contributed by atoms with van der Waals surface area (Å²) >= 11 is 0. The number of hydrogen-bond donors (Lipinski definition) is 2. The van der Waals surface area contributed by atoms with Crippen LogP contribution < -0.4 is 15.5 Å². The van der Waals surface area contributed by atoms with Gasteiger partial charge < -0.3 is 15.5 Å². The van der Waals surface area contributed by atoms with Gasteiger partial charge in [-0.15, -0.1) is 12.4 Å². The number of anilines is 2. The molecule has 1 saturated heterocycles. The van der Waals surface area contributed by atoms with Crippen molar-refractivity contribution < 1.29 is 9.59 Å². The predicted octanol–water partition coefficient (Wildman–Crippen LogP) is 3.64. The lowest BCUT2D eigenvalue weighted by molar-refractivity contribution is -0.116. The van der Waals surface area contributed by atoms with Crippen LogP contribution in [0.25, 0.3) is 0 Å². The zero-order chi connectivity index (χ0) is 18.6. The molecular weight excluding hydrogens is 374 g/mol. The van der Waals surface area contributed by atoms with Crippen LogP contribution in [-0.2, 0) is 11.2 Å². The molecule has 0 spiro atoms. The van der Waals surface area contributed by atoms with Crippen molar-refractivity contribution >= 4 is 35.6 Å². The van der Waals surface area contributed by atoms with Crippen molar-refractivity contribution in [3.63, 3.8) is 0 Å². The quantitative estimate of drug-likeness (QED) is 0.806. The molecule has 2 aliphatic rings. The molecule has 148 valence electrons. The van der Waals surface area contributed by atoms with Crippen LogP contribution in [0.3, 0.4) is 0 Å². The van der Waals surface area contributed by atoms with Crippen molar-refractivity contribution in [3.05, 3.63) is 59.7 Å². The summed E-state index contributed by atoms with van der Waals surface area (Å²) in [6, 6.07) is 15.2. The summed E-state index contributed by atoms with van der Waals surface area (Å²) in [4.78, 5) is 26.8. The fourth-order valence-corrected chi connectivity index (χ4v) is 3.92. The minimum Gasteiger partial charge on any atom is -0.326 e. The average molecular weight is 400 g/mol. The monoisotopic (exact) mass is 399 g/mol. The minimum absolute atomic E-state index is 0. The second kappa shape index (κ2) is 9.22. The molecular formula is C22H26ClN3O2. The predicted molar refractivity (Wildman–Crippen MR) is 114 cm³/mol. The van der Waals surface area contributed by atoms with E-state index in [1.54, 1.807) is 12.1 Å². The van der Waals surface area contributed by atoms with Crippen molar-refractivity contribution in [2.24, 2.45) is 5.92 Å². The highest BCUT2D eigenvalue weighted by Crippen LogP contribution is 2.29. The topological polar surface area (TPSA) is 61.4 Å². The van der Waals surface area contributed by atoms with Gasteiger partial charge >= 0.3 is 0 Å². The van der Waals surface area contributed by atoms with E-state index in [1.165, 1.54) is 5.56 Å². The number of rotatable bonds is 5. The van der Waals surface area contributed by atoms with Gasteiger partial charge in [-0.05, 0) is 74.2 Å². The third-order valence-corrected chi connectivity index (χ3v) is 5.49. The van der Waals surface area contributed by atoms with Crippen LogP contribution in [0.5, 0.6) is 0 Å². The van der Waals surface area contributed by atoms with Crippen LogP contribution >= 0.6 is 12.4 Å². The Labute approximate surface area is 171 Å². The Hall–Kier alpha value is -2.37. The van der Waals surface area contributed by atoms with Crippen molar-refractivity contribution in [2.45, 2.75) is 25.7 Å². The zero-order valence-corrected chi connectivity index (χ0v) is 16.6. The van der Waals surface area contributed by atoms with Gasteiger partial charge in [-0.25, -0.2) is 0 Å². The highest BCUT2D eigenvalue weighted by molar-refractivity contribution is 6.07. The van der Waals surface area contributed by atoms with Gasteiger partial charge in [0.15, 0.2) is 0 Å². The molecule has 0 radical (unpaired) electrons. The Kier molecular flexibility index (Phi) is 6.70. The molecule has 0 saturated carbocycles. The SMILES string of the molecule is Cl.O=C(CCC1CCNC1)Nc1ccc(C(=O)N2CCc3ccccc32)cc1. The molecule has 2 aliphatic heterocycles. The Morgan fingerprint density at radius 2 is 1.89 bits per heavy atom. The maximum absolute atomic E-state index is 12.8. The molecule has 2 N–H and O–H groups in total. The van der Waals surface area contributed by atoms with Gasteiger partial charge in [-0.1, -0.05) is 18.2 Å². The number of benzene rings is 2. The number of nitrogens with zero attached hydrogens (tertiary/aromatic N) is 1. The van der Waals surface area contributed by atoms with Crippen LogP contribution in [0, 0.1) is 5.92 Å². The normalized spacial score (nSPS) is 17.7. The molecule has 2 heterocycles. The summed E-state index contributed by atoms with van der Waals surface area (Å²) in [6.07, 6.45) is 3.51. The summed E-state index contributed by atoms with van der Waals surface area (Å²) in [5.74, 6) is 0.653. The van der Waals surface area contributed by atoms with E-state index in [1.807, 2.05) is 35.2 Å². The smallest absolute Gasteiger partial charge is 0.258 e. The van der Waals surface area contributed by atoms with Gasteiger partial charge in [0, 0.05) is 29.9 Å². The van der Waals surface area contributed by atoms with Crippen LogP contribution in [-0.4, -0.2) is 31.4 Å². The Balaban J connectivity index is 0.00000225. The molecule has 0 aromatic heterocycles. The van der Waals surface area contributed by atoms with Crippen molar-refractivity contribution in [1.82, 2.24) is 5.32 Å². The first-order chi connectivity index (χ1) is 13.2. The molecule has 6 heteroatoms. The molecule has 4 rings (SSSR count). The Bertz CT molecular complexity index is 832. The largest absolute Gasteiger partial charge is 0.326 e. The number of carbonyl (C=O) groups excluding carboxylic acids is 2. The molecule has 2 aromatic rings. The van der Waals surface area contributed by atoms with Crippen LogP contribution in [0.1, 0.15) is 35.2 Å². The molecule has 1 atom stereocenters. The highest BCUT2D eigenvalue weighted by Gasteiger charge is 2.25. The number of fused-ring (bicyclic) bond motifs is 1. The maximum Gasteiger partial charge on any atom is 0.258 e. The molecule has 5 nitrogen and oxygen atoms in total. The lowest BCUT2D eigenvalue weighted by Gasteiger charge is -2.17. The molecule has 1 fully saturated rings. The fraction of sp³-hybridized carbons (Fsp3) is 0.364. The first-order valence-corrected chi connectivity index (χ1v) is 9.71. The standard InChI is InChI=1S/C22H25N3O2.ClH/c26-21(10-5-16-11-13-23-15-16)24-19-8-6-18(7-9-19)22(27)25-14-12-17-3-1-2-4-20(17)25;/h1-4,6-9,16,23H,5,10-15H2,(H,24,26);1H. The molecule has 28 heavy (non-hydrogen) atoms. The molecule has 1 unspecified atom stereocenters. The second-order valence-electron chi connectivity index (χ2n) is 7.36. The number of para-hydroxylation sites is 1. The second-order valence-corrected chi connectivity index (χ2v) is 7.36. The number of amides is 2. The van der Waals surface area contributed by atoms with Crippen LogP contribution in [0.15, 0.2) is 48.5 Å².